The smallest absolute Gasteiger partial charge is 0.160 e. The number of rotatable bonds is 5. The second kappa shape index (κ2) is 5.65. The lowest BCUT2D eigenvalue weighted by Gasteiger charge is -2.28. The van der Waals surface area contributed by atoms with Crippen LogP contribution in [0.1, 0.15) is 31.2 Å². The Hall–Kier alpha value is -1.22. The molecule has 0 aliphatic heterocycles. The third-order valence-electron chi connectivity index (χ3n) is 5.26. The maximum Gasteiger partial charge on any atom is 0.160 e. The molecule has 20 heavy (non-hydrogen) atoms. The van der Waals surface area contributed by atoms with Crippen LogP contribution in [-0.4, -0.2) is 20.3 Å². The number of hydrogen-bond donors (Lipinski definition) is 1. The zero-order valence-corrected chi connectivity index (χ0v) is 12.5. The Morgan fingerprint density at radius 2 is 1.95 bits per heavy atom. The highest BCUT2D eigenvalue weighted by molar-refractivity contribution is 5.43. The van der Waals surface area contributed by atoms with Crippen LogP contribution in [0.4, 0.5) is 0 Å². The molecule has 2 aliphatic carbocycles. The summed E-state index contributed by atoms with van der Waals surface area (Å²) in [7, 11) is 3.34. The number of fused-ring (bicyclic) bond motifs is 2. The van der Waals surface area contributed by atoms with Gasteiger partial charge in [-0.1, -0.05) is 12.5 Å². The lowest BCUT2D eigenvalue weighted by atomic mass is 9.81. The fourth-order valence-corrected chi connectivity index (χ4v) is 4.25. The van der Waals surface area contributed by atoms with E-state index in [-0.39, 0.29) is 6.04 Å². The van der Waals surface area contributed by atoms with E-state index in [1.54, 1.807) is 14.2 Å². The Kier molecular flexibility index (Phi) is 3.88. The molecule has 1 aromatic carbocycles. The molecule has 3 heteroatoms. The highest BCUT2D eigenvalue weighted by atomic mass is 16.5. The summed E-state index contributed by atoms with van der Waals surface area (Å²) in [6.07, 6.45) is 6.54. The van der Waals surface area contributed by atoms with Crippen molar-refractivity contribution in [1.29, 1.82) is 0 Å². The fraction of sp³-hybridized carbons (Fsp3) is 0.647. The third kappa shape index (κ3) is 2.51. The molecule has 2 aliphatic rings. The summed E-state index contributed by atoms with van der Waals surface area (Å²) in [5.41, 5.74) is 7.74. The van der Waals surface area contributed by atoms with E-state index in [0.717, 1.165) is 35.7 Å². The lowest BCUT2D eigenvalue weighted by molar-refractivity contribution is 0.280. The first-order chi connectivity index (χ1) is 9.71. The summed E-state index contributed by atoms with van der Waals surface area (Å²) in [6.45, 7) is 0. The van der Waals surface area contributed by atoms with E-state index in [1.807, 2.05) is 6.07 Å². The molecule has 110 valence electrons. The van der Waals surface area contributed by atoms with E-state index in [2.05, 4.69) is 12.1 Å². The van der Waals surface area contributed by atoms with E-state index in [4.69, 9.17) is 15.2 Å². The van der Waals surface area contributed by atoms with Crippen LogP contribution < -0.4 is 15.2 Å². The first-order valence-corrected chi connectivity index (χ1v) is 7.67. The average molecular weight is 275 g/mol. The van der Waals surface area contributed by atoms with Gasteiger partial charge in [0.25, 0.3) is 0 Å². The summed E-state index contributed by atoms with van der Waals surface area (Å²) < 4.78 is 10.6. The van der Waals surface area contributed by atoms with Crippen molar-refractivity contribution >= 4 is 0 Å². The number of benzene rings is 1. The Morgan fingerprint density at radius 3 is 2.55 bits per heavy atom. The number of ether oxygens (including phenoxy) is 2. The minimum atomic E-state index is 0.281. The molecule has 4 atom stereocenters. The highest BCUT2D eigenvalue weighted by Crippen LogP contribution is 2.49. The van der Waals surface area contributed by atoms with Crippen molar-refractivity contribution in [2.45, 2.75) is 38.1 Å². The Labute approximate surface area is 121 Å². The minimum Gasteiger partial charge on any atom is -0.493 e. The van der Waals surface area contributed by atoms with Gasteiger partial charge in [0.2, 0.25) is 0 Å². The standard InChI is InChI=1S/C17H25NO2/c1-19-16-6-4-12(10-17(16)20-2)9-15(18)14-8-11-3-5-13(14)7-11/h4,6,10-11,13-15H,3,5,7-9,18H2,1-2H3. The van der Waals surface area contributed by atoms with E-state index >= 15 is 0 Å². The van der Waals surface area contributed by atoms with Gasteiger partial charge in [-0.05, 0) is 61.1 Å². The van der Waals surface area contributed by atoms with Crippen molar-refractivity contribution in [3.63, 3.8) is 0 Å². The first-order valence-electron chi connectivity index (χ1n) is 7.67. The van der Waals surface area contributed by atoms with Gasteiger partial charge in [0.1, 0.15) is 0 Å². The Morgan fingerprint density at radius 1 is 1.15 bits per heavy atom. The second-order valence-electron chi connectivity index (χ2n) is 6.40. The molecule has 2 fully saturated rings. The summed E-state index contributed by atoms with van der Waals surface area (Å²) in [5, 5.41) is 0. The molecule has 0 spiro atoms. The molecular formula is C17H25NO2. The monoisotopic (exact) mass is 275 g/mol. The maximum atomic E-state index is 6.49. The predicted octanol–water partition coefficient (Wildman–Crippen LogP) is 3.01. The zero-order chi connectivity index (χ0) is 14.1. The molecule has 3 rings (SSSR count). The van der Waals surface area contributed by atoms with Gasteiger partial charge in [0.15, 0.2) is 11.5 Å². The zero-order valence-electron chi connectivity index (χ0n) is 12.5. The van der Waals surface area contributed by atoms with Crippen LogP contribution in [0, 0.1) is 17.8 Å². The molecular weight excluding hydrogens is 250 g/mol. The van der Waals surface area contributed by atoms with Crippen LogP contribution in [0.3, 0.4) is 0 Å². The molecule has 0 aromatic heterocycles. The minimum absolute atomic E-state index is 0.281. The van der Waals surface area contributed by atoms with E-state index < -0.39 is 0 Å². The van der Waals surface area contributed by atoms with Gasteiger partial charge in [-0.3, -0.25) is 0 Å². The lowest BCUT2D eigenvalue weighted by Crippen LogP contribution is -2.35. The predicted molar refractivity (Wildman–Crippen MR) is 80.2 cm³/mol. The van der Waals surface area contributed by atoms with Crippen LogP contribution in [0.5, 0.6) is 11.5 Å². The van der Waals surface area contributed by atoms with Crippen molar-refractivity contribution in [2.75, 3.05) is 14.2 Å². The van der Waals surface area contributed by atoms with Gasteiger partial charge < -0.3 is 15.2 Å². The molecule has 0 saturated heterocycles. The molecule has 0 heterocycles. The van der Waals surface area contributed by atoms with Gasteiger partial charge >= 0.3 is 0 Å². The van der Waals surface area contributed by atoms with Crippen LogP contribution in [0.2, 0.25) is 0 Å². The van der Waals surface area contributed by atoms with Crippen LogP contribution in [0.25, 0.3) is 0 Å². The first kappa shape index (κ1) is 13.7. The van der Waals surface area contributed by atoms with Crippen molar-refractivity contribution in [3.05, 3.63) is 23.8 Å². The highest BCUT2D eigenvalue weighted by Gasteiger charge is 2.41. The van der Waals surface area contributed by atoms with Crippen molar-refractivity contribution < 1.29 is 9.47 Å². The van der Waals surface area contributed by atoms with Crippen LogP contribution >= 0.6 is 0 Å². The Balaban J connectivity index is 1.68. The summed E-state index contributed by atoms with van der Waals surface area (Å²) in [6, 6.07) is 6.42. The molecule has 3 nitrogen and oxygen atoms in total. The number of nitrogens with two attached hydrogens (primary N) is 1. The normalized spacial score (nSPS) is 29.4. The van der Waals surface area contributed by atoms with E-state index in [9.17, 15) is 0 Å². The van der Waals surface area contributed by atoms with E-state index in [0.29, 0.717) is 0 Å². The van der Waals surface area contributed by atoms with E-state index in [1.165, 1.54) is 31.2 Å². The Bertz CT molecular complexity index is 474. The summed E-state index contributed by atoms with van der Waals surface area (Å²) in [5.74, 6) is 4.15. The molecule has 0 radical (unpaired) electrons. The third-order valence-corrected chi connectivity index (χ3v) is 5.26. The molecule has 0 amide bonds. The van der Waals surface area contributed by atoms with Gasteiger partial charge in [-0.2, -0.15) is 0 Å². The van der Waals surface area contributed by atoms with Gasteiger partial charge in [-0.25, -0.2) is 0 Å². The second-order valence-corrected chi connectivity index (χ2v) is 6.40. The maximum absolute atomic E-state index is 6.49. The van der Waals surface area contributed by atoms with Gasteiger partial charge in [0.05, 0.1) is 14.2 Å². The SMILES string of the molecule is COc1ccc(CC(N)C2CC3CCC2C3)cc1OC. The molecule has 4 unspecified atom stereocenters. The molecule has 2 saturated carbocycles. The van der Waals surface area contributed by atoms with Crippen LogP contribution in [-0.2, 0) is 6.42 Å². The topological polar surface area (TPSA) is 44.5 Å². The largest absolute Gasteiger partial charge is 0.493 e. The fourth-order valence-electron chi connectivity index (χ4n) is 4.25. The average Bonchev–Trinajstić information content (AvgIpc) is 3.09. The van der Waals surface area contributed by atoms with Crippen LogP contribution in [0.15, 0.2) is 18.2 Å². The van der Waals surface area contributed by atoms with Gasteiger partial charge in [0, 0.05) is 6.04 Å². The number of hydrogen-bond acceptors (Lipinski definition) is 3. The van der Waals surface area contributed by atoms with Crippen molar-refractivity contribution in [3.8, 4) is 11.5 Å². The number of methoxy groups -OCH3 is 2. The quantitative estimate of drug-likeness (QED) is 0.898. The van der Waals surface area contributed by atoms with Crippen molar-refractivity contribution in [2.24, 2.45) is 23.5 Å². The summed E-state index contributed by atoms with van der Waals surface area (Å²) in [4.78, 5) is 0. The molecule has 2 N–H and O–H groups in total. The molecule has 2 bridgehead atoms. The van der Waals surface area contributed by atoms with Gasteiger partial charge in [-0.15, -0.1) is 0 Å². The van der Waals surface area contributed by atoms with Crippen molar-refractivity contribution in [1.82, 2.24) is 0 Å². The summed E-state index contributed by atoms with van der Waals surface area (Å²) >= 11 is 0. The molecule has 1 aromatic rings.